The molecule has 124 valence electrons. The summed E-state index contributed by atoms with van der Waals surface area (Å²) in [5, 5.41) is 3.35. The largest absolute Gasteiger partial charge is 0.349 e. The monoisotopic (exact) mass is 311 g/mol. The van der Waals surface area contributed by atoms with E-state index in [1.54, 1.807) is 0 Å². The molecule has 2 heteroatoms. The lowest BCUT2D eigenvalue weighted by molar-refractivity contribution is -0.0688. The highest BCUT2D eigenvalue weighted by molar-refractivity contribution is 5.94. The van der Waals surface area contributed by atoms with Crippen molar-refractivity contribution in [1.29, 1.82) is 0 Å². The molecule has 1 N–H and O–H groups in total. The summed E-state index contributed by atoms with van der Waals surface area (Å²) in [6, 6.07) is 8.39. The third-order valence-corrected chi connectivity index (χ3v) is 6.98. The van der Waals surface area contributed by atoms with Gasteiger partial charge in [-0.1, -0.05) is 19.1 Å². The van der Waals surface area contributed by atoms with Gasteiger partial charge in [-0.25, -0.2) is 0 Å². The smallest absolute Gasteiger partial charge is 0.251 e. The number of carbonyl (C=O) groups excluding carboxylic acids is 1. The van der Waals surface area contributed by atoms with Gasteiger partial charge in [0, 0.05) is 11.6 Å². The molecule has 2 nitrogen and oxygen atoms in total. The van der Waals surface area contributed by atoms with Crippen LogP contribution in [0.15, 0.2) is 24.3 Å². The van der Waals surface area contributed by atoms with Crippen molar-refractivity contribution in [2.24, 2.45) is 23.2 Å². The second kappa shape index (κ2) is 5.65. The maximum absolute atomic E-state index is 12.6. The Bertz CT molecular complexity index is 553. The number of hydrogen-bond donors (Lipinski definition) is 1. The van der Waals surface area contributed by atoms with Crippen LogP contribution in [0.1, 0.15) is 68.3 Å². The molecular formula is C21H29NO. The van der Waals surface area contributed by atoms with Crippen LogP contribution < -0.4 is 5.32 Å². The van der Waals surface area contributed by atoms with Gasteiger partial charge >= 0.3 is 0 Å². The van der Waals surface area contributed by atoms with Gasteiger partial charge in [-0.3, -0.25) is 4.79 Å². The minimum absolute atomic E-state index is 0.107. The van der Waals surface area contributed by atoms with Crippen molar-refractivity contribution < 1.29 is 4.79 Å². The highest BCUT2D eigenvalue weighted by Gasteiger charge is 2.53. The van der Waals surface area contributed by atoms with E-state index in [9.17, 15) is 4.79 Å². The first-order valence-corrected chi connectivity index (χ1v) is 9.48. The van der Waals surface area contributed by atoms with Crippen molar-refractivity contribution in [2.75, 3.05) is 0 Å². The van der Waals surface area contributed by atoms with Gasteiger partial charge in [0.1, 0.15) is 0 Å². The Morgan fingerprint density at radius 1 is 1.09 bits per heavy atom. The first-order chi connectivity index (χ1) is 11.1. The highest BCUT2D eigenvalue weighted by Crippen LogP contribution is 2.61. The van der Waals surface area contributed by atoms with E-state index in [1.165, 1.54) is 44.1 Å². The second-order valence-corrected chi connectivity index (χ2v) is 8.53. The summed E-state index contributed by atoms with van der Waals surface area (Å²) in [6.45, 7) is 4.40. The normalized spacial score (nSPS) is 36.0. The van der Waals surface area contributed by atoms with E-state index < -0.39 is 0 Å². The Morgan fingerprint density at radius 2 is 1.61 bits per heavy atom. The van der Waals surface area contributed by atoms with Crippen LogP contribution in [-0.4, -0.2) is 11.9 Å². The predicted octanol–water partition coefficient (Wildman–Crippen LogP) is 4.58. The molecule has 0 aliphatic heterocycles. The van der Waals surface area contributed by atoms with Crippen molar-refractivity contribution >= 4 is 5.91 Å². The van der Waals surface area contributed by atoms with Crippen molar-refractivity contribution in [3.05, 3.63) is 35.4 Å². The quantitative estimate of drug-likeness (QED) is 0.866. The Kier molecular flexibility index (Phi) is 3.74. The summed E-state index contributed by atoms with van der Waals surface area (Å²) in [7, 11) is 0. The Hall–Kier alpha value is -1.31. The minimum atomic E-state index is 0.107. The maximum Gasteiger partial charge on any atom is 0.251 e. The van der Waals surface area contributed by atoms with E-state index >= 15 is 0 Å². The van der Waals surface area contributed by atoms with E-state index in [0.717, 1.165) is 29.7 Å². The van der Waals surface area contributed by atoms with E-state index in [1.807, 2.05) is 12.1 Å². The van der Waals surface area contributed by atoms with E-state index in [4.69, 9.17) is 0 Å². The molecule has 23 heavy (non-hydrogen) atoms. The Morgan fingerprint density at radius 3 is 2.09 bits per heavy atom. The molecule has 0 saturated heterocycles. The summed E-state index contributed by atoms with van der Waals surface area (Å²) in [5.41, 5.74) is 2.47. The highest BCUT2D eigenvalue weighted by atomic mass is 16.1. The summed E-state index contributed by atoms with van der Waals surface area (Å²) in [5.74, 6) is 2.91. The fourth-order valence-electron chi connectivity index (χ4n) is 6.03. The molecule has 1 aromatic rings. The zero-order valence-corrected chi connectivity index (χ0v) is 14.5. The van der Waals surface area contributed by atoms with Crippen molar-refractivity contribution in [3.63, 3.8) is 0 Å². The molecule has 5 rings (SSSR count). The van der Waals surface area contributed by atoms with Gasteiger partial charge < -0.3 is 5.32 Å². The molecular weight excluding hydrogens is 282 g/mol. The van der Waals surface area contributed by atoms with Crippen molar-refractivity contribution in [3.8, 4) is 0 Å². The molecule has 1 amide bonds. The Labute approximate surface area is 140 Å². The first kappa shape index (κ1) is 15.2. The Balaban J connectivity index is 1.46. The van der Waals surface area contributed by atoms with Gasteiger partial charge in [0.15, 0.2) is 0 Å². The molecule has 0 radical (unpaired) electrons. The van der Waals surface area contributed by atoms with E-state index in [2.05, 4.69) is 31.3 Å². The van der Waals surface area contributed by atoms with Crippen LogP contribution in [0.25, 0.3) is 0 Å². The zero-order chi connectivity index (χ0) is 16.0. The van der Waals surface area contributed by atoms with Gasteiger partial charge in [0.2, 0.25) is 0 Å². The molecule has 0 aromatic heterocycles. The maximum atomic E-state index is 12.6. The van der Waals surface area contributed by atoms with Gasteiger partial charge in [-0.05, 0) is 92.7 Å². The molecule has 4 bridgehead atoms. The molecule has 4 aliphatic carbocycles. The lowest BCUT2D eigenvalue weighted by Gasteiger charge is -2.59. The molecule has 4 saturated carbocycles. The lowest BCUT2D eigenvalue weighted by Crippen LogP contribution is -2.55. The molecule has 0 heterocycles. The van der Waals surface area contributed by atoms with Gasteiger partial charge in [-0.15, -0.1) is 0 Å². The number of hydrogen-bond acceptors (Lipinski definition) is 1. The van der Waals surface area contributed by atoms with Crippen LogP contribution in [0.2, 0.25) is 0 Å². The second-order valence-electron chi connectivity index (χ2n) is 8.53. The minimum Gasteiger partial charge on any atom is -0.349 e. The molecule has 1 aromatic carbocycles. The summed E-state index contributed by atoms with van der Waals surface area (Å²) in [6.07, 6.45) is 9.42. The number of carbonyl (C=O) groups is 1. The SMILES string of the molecule is CCc1ccc(C(=O)NC(C)C23CC4CC(CC(C4)C2)C3)cc1. The van der Waals surface area contributed by atoms with Crippen LogP contribution >= 0.6 is 0 Å². The van der Waals surface area contributed by atoms with Gasteiger partial charge in [0.05, 0.1) is 0 Å². The summed E-state index contributed by atoms with van der Waals surface area (Å²) >= 11 is 0. The average Bonchev–Trinajstić information content (AvgIpc) is 2.53. The first-order valence-electron chi connectivity index (χ1n) is 9.48. The number of aryl methyl sites for hydroxylation is 1. The lowest BCUT2D eigenvalue weighted by atomic mass is 9.48. The van der Waals surface area contributed by atoms with E-state index in [0.29, 0.717) is 11.5 Å². The molecule has 0 spiro atoms. The summed E-state index contributed by atoms with van der Waals surface area (Å²) < 4.78 is 0. The number of benzene rings is 1. The fourth-order valence-corrected chi connectivity index (χ4v) is 6.03. The molecule has 4 fully saturated rings. The van der Waals surface area contributed by atoms with Crippen LogP contribution in [0.5, 0.6) is 0 Å². The number of nitrogens with one attached hydrogen (secondary N) is 1. The molecule has 4 aliphatic rings. The van der Waals surface area contributed by atoms with Crippen LogP contribution in [-0.2, 0) is 6.42 Å². The fraction of sp³-hybridized carbons (Fsp3) is 0.667. The van der Waals surface area contributed by atoms with Crippen molar-refractivity contribution in [2.45, 2.75) is 64.8 Å². The van der Waals surface area contributed by atoms with Crippen LogP contribution in [0.3, 0.4) is 0 Å². The van der Waals surface area contributed by atoms with E-state index in [-0.39, 0.29) is 5.91 Å². The average molecular weight is 311 g/mol. The topological polar surface area (TPSA) is 29.1 Å². The number of rotatable bonds is 4. The molecule has 1 unspecified atom stereocenters. The van der Waals surface area contributed by atoms with Crippen molar-refractivity contribution in [1.82, 2.24) is 5.32 Å². The summed E-state index contributed by atoms with van der Waals surface area (Å²) in [4.78, 5) is 12.6. The van der Waals surface area contributed by atoms with Crippen LogP contribution in [0, 0.1) is 23.2 Å². The van der Waals surface area contributed by atoms with Gasteiger partial charge in [-0.2, -0.15) is 0 Å². The van der Waals surface area contributed by atoms with Crippen LogP contribution in [0.4, 0.5) is 0 Å². The third-order valence-electron chi connectivity index (χ3n) is 6.98. The number of amides is 1. The van der Waals surface area contributed by atoms with Gasteiger partial charge in [0.25, 0.3) is 5.91 Å². The third kappa shape index (κ3) is 2.70. The standard InChI is InChI=1S/C21H29NO/c1-3-15-4-6-19(7-5-15)20(23)22-14(2)21-11-16-8-17(12-21)10-18(9-16)13-21/h4-7,14,16-18H,3,8-13H2,1-2H3,(H,22,23). The molecule has 1 atom stereocenters. The predicted molar refractivity (Wildman–Crippen MR) is 93.4 cm³/mol. The zero-order valence-electron chi connectivity index (χ0n) is 14.5.